The molecule has 134 valence electrons. The van der Waals surface area contributed by atoms with Crippen molar-refractivity contribution in [2.75, 3.05) is 10.2 Å². The quantitative estimate of drug-likeness (QED) is 0.859. The molecule has 1 aliphatic rings. The number of nitrogens with zero attached hydrogens (tertiary/aromatic N) is 1. The molecular formula is C19H18N2O4S. The number of carbonyl (C=O) groups excluding carboxylic acids is 3. The van der Waals surface area contributed by atoms with E-state index in [0.29, 0.717) is 11.4 Å². The van der Waals surface area contributed by atoms with Gasteiger partial charge in [-0.1, -0.05) is 18.2 Å². The van der Waals surface area contributed by atoms with Crippen LogP contribution < -0.4 is 10.2 Å². The first-order chi connectivity index (χ1) is 12.3. The van der Waals surface area contributed by atoms with Crippen molar-refractivity contribution in [3.63, 3.8) is 0 Å². The number of anilines is 2. The summed E-state index contributed by atoms with van der Waals surface area (Å²) in [5, 5.41) is 10.9. The van der Waals surface area contributed by atoms with Gasteiger partial charge in [0.1, 0.15) is 11.0 Å². The molecule has 1 fully saturated rings. The van der Waals surface area contributed by atoms with E-state index in [1.807, 2.05) is 26.0 Å². The molecule has 0 spiro atoms. The molecule has 1 atom stereocenters. The summed E-state index contributed by atoms with van der Waals surface area (Å²) >= 11 is 0.860. The van der Waals surface area contributed by atoms with Gasteiger partial charge in [-0.25, -0.2) is 4.90 Å². The summed E-state index contributed by atoms with van der Waals surface area (Å²) in [7, 11) is 0. The zero-order chi connectivity index (χ0) is 18.8. The number of amides is 3. The number of thioether (sulfide) groups is 1. The number of phenols is 1. The SMILES string of the molecule is Cc1ccc(C)c(N2C(=O)SC(CC(=O)Nc3cccc(O)c3)C2=O)c1. The second-order valence-electron chi connectivity index (χ2n) is 6.14. The number of benzene rings is 2. The van der Waals surface area contributed by atoms with E-state index in [-0.39, 0.29) is 23.3 Å². The Bertz CT molecular complexity index is 897. The average Bonchev–Trinajstić information content (AvgIpc) is 2.83. The van der Waals surface area contributed by atoms with Crippen LogP contribution in [0.4, 0.5) is 16.2 Å². The minimum atomic E-state index is -0.764. The first kappa shape index (κ1) is 18.0. The third-order valence-electron chi connectivity index (χ3n) is 4.03. The highest BCUT2D eigenvalue weighted by Gasteiger charge is 2.42. The maximum absolute atomic E-state index is 12.7. The summed E-state index contributed by atoms with van der Waals surface area (Å²) in [6, 6.07) is 11.7. The highest BCUT2D eigenvalue weighted by Crippen LogP contribution is 2.35. The van der Waals surface area contributed by atoms with Crippen LogP contribution in [0.25, 0.3) is 0 Å². The van der Waals surface area contributed by atoms with E-state index in [4.69, 9.17) is 0 Å². The number of hydrogen-bond acceptors (Lipinski definition) is 5. The van der Waals surface area contributed by atoms with Crippen LogP contribution in [0.3, 0.4) is 0 Å². The Balaban J connectivity index is 1.72. The molecule has 3 amide bonds. The number of carbonyl (C=O) groups is 3. The minimum absolute atomic E-state index is 0.0328. The highest BCUT2D eigenvalue weighted by molar-refractivity contribution is 8.15. The van der Waals surface area contributed by atoms with Gasteiger partial charge < -0.3 is 10.4 Å². The Kier molecular flexibility index (Phi) is 4.99. The van der Waals surface area contributed by atoms with Crippen molar-refractivity contribution in [2.45, 2.75) is 25.5 Å². The number of aryl methyl sites for hydroxylation is 2. The molecule has 2 N–H and O–H groups in total. The summed E-state index contributed by atoms with van der Waals surface area (Å²) in [4.78, 5) is 38.4. The maximum atomic E-state index is 12.7. The fourth-order valence-electron chi connectivity index (χ4n) is 2.73. The third kappa shape index (κ3) is 3.72. The Morgan fingerprint density at radius 2 is 1.96 bits per heavy atom. The smallest absolute Gasteiger partial charge is 0.293 e. The summed E-state index contributed by atoms with van der Waals surface area (Å²) in [5.41, 5.74) is 2.76. The minimum Gasteiger partial charge on any atom is -0.508 e. The number of hydrogen-bond donors (Lipinski definition) is 2. The first-order valence-corrected chi connectivity index (χ1v) is 8.94. The van der Waals surface area contributed by atoms with Crippen molar-refractivity contribution in [2.24, 2.45) is 0 Å². The lowest BCUT2D eigenvalue weighted by Gasteiger charge is -2.17. The van der Waals surface area contributed by atoms with Crippen LogP contribution in [-0.2, 0) is 9.59 Å². The van der Waals surface area contributed by atoms with Crippen molar-refractivity contribution in [3.8, 4) is 5.75 Å². The van der Waals surface area contributed by atoms with Crippen LogP contribution in [0, 0.1) is 13.8 Å². The van der Waals surface area contributed by atoms with Crippen LogP contribution in [0.5, 0.6) is 5.75 Å². The van der Waals surface area contributed by atoms with Crippen LogP contribution in [-0.4, -0.2) is 27.4 Å². The Labute approximate surface area is 155 Å². The average molecular weight is 370 g/mol. The molecule has 6 nitrogen and oxygen atoms in total. The lowest BCUT2D eigenvalue weighted by Crippen LogP contribution is -2.33. The van der Waals surface area contributed by atoms with E-state index in [1.165, 1.54) is 12.1 Å². The summed E-state index contributed by atoms with van der Waals surface area (Å²) in [6.45, 7) is 3.73. The van der Waals surface area contributed by atoms with Gasteiger partial charge in [0, 0.05) is 18.2 Å². The summed E-state index contributed by atoms with van der Waals surface area (Å²) < 4.78 is 0. The van der Waals surface area contributed by atoms with E-state index in [2.05, 4.69) is 5.32 Å². The molecule has 3 rings (SSSR count). The van der Waals surface area contributed by atoms with Crippen LogP contribution in [0.2, 0.25) is 0 Å². The van der Waals surface area contributed by atoms with Gasteiger partial charge in [-0.15, -0.1) is 0 Å². The third-order valence-corrected chi connectivity index (χ3v) is 5.06. The lowest BCUT2D eigenvalue weighted by atomic mass is 10.1. The second-order valence-corrected chi connectivity index (χ2v) is 7.29. The molecule has 1 heterocycles. The largest absolute Gasteiger partial charge is 0.508 e. The molecule has 26 heavy (non-hydrogen) atoms. The topological polar surface area (TPSA) is 86.7 Å². The van der Waals surface area contributed by atoms with Crippen LogP contribution >= 0.6 is 11.8 Å². The molecule has 2 aromatic carbocycles. The van der Waals surface area contributed by atoms with Gasteiger partial charge in [-0.3, -0.25) is 14.4 Å². The maximum Gasteiger partial charge on any atom is 0.293 e. The van der Waals surface area contributed by atoms with Gasteiger partial charge in [0.15, 0.2) is 0 Å². The normalized spacial score (nSPS) is 16.8. The van der Waals surface area contributed by atoms with Crippen LogP contribution in [0.15, 0.2) is 42.5 Å². The Hall–Kier alpha value is -2.80. The number of aromatic hydroxyl groups is 1. The molecule has 0 aliphatic carbocycles. The van der Waals surface area contributed by atoms with Crippen molar-refractivity contribution in [1.82, 2.24) is 0 Å². The van der Waals surface area contributed by atoms with E-state index < -0.39 is 11.2 Å². The number of rotatable bonds is 4. The molecule has 2 aromatic rings. The zero-order valence-corrected chi connectivity index (χ0v) is 15.2. The fourth-order valence-corrected chi connectivity index (χ4v) is 3.71. The number of phenolic OH excluding ortho intramolecular Hbond substituents is 1. The molecule has 0 aromatic heterocycles. The molecule has 7 heteroatoms. The van der Waals surface area contributed by atoms with Gasteiger partial charge >= 0.3 is 0 Å². The lowest BCUT2D eigenvalue weighted by molar-refractivity contribution is -0.121. The Morgan fingerprint density at radius 3 is 2.69 bits per heavy atom. The van der Waals surface area contributed by atoms with E-state index in [1.54, 1.807) is 18.2 Å². The molecule has 0 radical (unpaired) electrons. The van der Waals surface area contributed by atoms with E-state index >= 15 is 0 Å². The zero-order valence-electron chi connectivity index (χ0n) is 14.4. The van der Waals surface area contributed by atoms with Crippen molar-refractivity contribution in [1.29, 1.82) is 0 Å². The van der Waals surface area contributed by atoms with E-state index in [9.17, 15) is 19.5 Å². The Morgan fingerprint density at radius 1 is 1.19 bits per heavy atom. The highest BCUT2D eigenvalue weighted by atomic mass is 32.2. The monoisotopic (exact) mass is 370 g/mol. The molecule has 1 unspecified atom stereocenters. The van der Waals surface area contributed by atoms with Gasteiger partial charge in [0.05, 0.1) is 5.69 Å². The first-order valence-electron chi connectivity index (χ1n) is 8.06. The van der Waals surface area contributed by atoms with Crippen molar-refractivity contribution < 1.29 is 19.5 Å². The standard InChI is InChI=1S/C19H18N2O4S/c1-11-6-7-12(2)15(8-11)21-18(24)16(26-19(21)25)10-17(23)20-13-4-3-5-14(22)9-13/h3-9,16,22H,10H2,1-2H3,(H,20,23). The van der Waals surface area contributed by atoms with Crippen molar-refractivity contribution >= 4 is 40.2 Å². The molecule has 1 saturated heterocycles. The van der Waals surface area contributed by atoms with Gasteiger partial charge in [0.25, 0.3) is 5.24 Å². The molecule has 0 saturated carbocycles. The fraction of sp³-hybridized carbons (Fsp3) is 0.211. The van der Waals surface area contributed by atoms with Gasteiger partial charge in [0.2, 0.25) is 11.8 Å². The van der Waals surface area contributed by atoms with Crippen molar-refractivity contribution in [3.05, 3.63) is 53.6 Å². The molecule has 1 aliphatic heterocycles. The molecular weight excluding hydrogens is 352 g/mol. The number of imide groups is 1. The summed E-state index contributed by atoms with van der Waals surface area (Å²) in [6.07, 6.45) is -0.119. The molecule has 0 bridgehead atoms. The number of nitrogens with one attached hydrogen (secondary N) is 1. The van der Waals surface area contributed by atoms with Gasteiger partial charge in [-0.2, -0.15) is 0 Å². The van der Waals surface area contributed by atoms with Gasteiger partial charge in [-0.05, 0) is 54.9 Å². The predicted molar refractivity (Wildman–Crippen MR) is 102 cm³/mol. The summed E-state index contributed by atoms with van der Waals surface area (Å²) in [5.74, 6) is -0.748. The second kappa shape index (κ2) is 7.21. The van der Waals surface area contributed by atoms with Crippen LogP contribution in [0.1, 0.15) is 17.5 Å². The van der Waals surface area contributed by atoms with E-state index in [0.717, 1.165) is 27.8 Å². The predicted octanol–water partition coefficient (Wildman–Crippen LogP) is 3.61.